The average Bonchev–Trinajstić information content (AvgIpc) is 3.39. The summed E-state index contributed by atoms with van der Waals surface area (Å²) in [4.78, 5) is 29.7. The molecule has 1 aliphatic rings. The van der Waals surface area contributed by atoms with E-state index in [0.29, 0.717) is 31.9 Å². The summed E-state index contributed by atoms with van der Waals surface area (Å²) in [5.74, 6) is -0.557. The molecule has 3 aromatic rings. The van der Waals surface area contributed by atoms with Crippen molar-refractivity contribution in [1.82, 2.24) is 14.4 Å². The Hall–Kier alpha value is -2.97. The molecule has 1 fully saturated rings. The first-order valence-corrected chi connectivity index (χ1v) is 10.3. The van der Waals surface area contributed by atoms with Gasteiger partial charge in [-0.2, -0.15) is 0 Å². The number of benzene rings is 1. The number of thiophene rings is 1. The minimum atomic E-state index is -0.386. The fourth-order valence-electron chi connectivity index (χ4n) is 3.38. The highest BCUT2D eigenvalue weighted by Crippen LogP contribution is 2.23. The normalized spacial score (nSPS) is 14.7. The summed E-state index contributed by atoms with van der Waals surface area (Å²) >= 11 is 1.44. The molecule has 0 aliphatic carbocycles. The molecule has 4 rings (SSSR count). The maximum Gasteiger partial charge on any atom is 0.266 e. The first-order valence-electron chi connectivity index (χ1n) is 9.38. The van der Waals surface area contributed by atoms with Crippen molar-refractivity contribution < 1.29 is 14.0 Å². The Bertz CT molecular complexity index is 994. The van der Waals surface area contributed by atoms with Crippen LogP contribution in [0.5, 0.6) is 0 Å². The van der Waals surface area contributed by atoms with Crippen molar-refractivity contribution >= 4 is 28.8 Å². The number of nitrogens with one attached hydrogen (secondary N) is 1. The van der Waals surface area contributed by atoms with Crippen LogP contribution in [0.15, 0.2) is 60.2 Å². The van der Waals surface area contributed by atoms with Crippen LogP contribution in [0.2, 0.25) is 0 Å². The Morgan fingerprint density at radius 2 is 1.79 bits per heavy atom. The smallest absolute Gasteiger partial charge is 0.266 e. The highest BCUT2D eigenvalue weighted by Gasteiger charge is 2.26. The SMILES string of the molecule is O=C(CN1CCN(C(=O)c2sccc2-n2cccc2)CC1)Nc1cccc(F)c1. The Labute approximate surface area is 172 Å². The molecule has 29 heavy (non-hydrogen) atoms. The van der Waals surface area contributed by atoms with Gasteiger partial charge in [-0.15, -0.1) is 11.3 Å². The zero-order valence-electron chi connectivity index (χ0n) is 15.8. The third kappa shape index (κ3) is 4.55. The number of nitrogens with zero attached hydrogens (tertiary/aromatic N) is 3. The summed E-state index contributed by atoms with van der Waals surface area (Å²) in [6.45, 7) is 2.58. The van der Waals surface area contributed by atoms with Crippen molar-refractivity contribution in [2.24, 2.45) is 0 Å². The zero-order chi connectivity index (χ0) is 20.2. The molecule has 0 saturated carbocycles. The summed E-state index contributed by atoms with van der Waals surface area (Å²) in [5.41, 5.74) is 1.33. The van der Waals surface area contributed by atoms with Gasteiger partial charge in [0.15, 0.2) is 0 Å². The van der Waals surface area contributed by atoms with E-state index in [-0.39, 0.29) is 24.2 Å². The fraction of sp³-hybridized carbons (Fsp3) is 0.238. The Kier molecular flexibility index (Phi) is 5.73. The molecule has 150 valence electrons. The Morgan fingerprint density at radius 3 is 2.52 bits per heavy atom. The van der Waals surface area contributed by atoms with Crippen molar-refractivity contribution in [3.8, 4) is 5.69 Å². The van der Waals surface area contributed by atoms with Gasteiger partial charge >= 0.3 is 0 Å². The standard InChI is InChI=1S/C21H21FN4O2S/c22-16-4-3-5-17(14-16)23-19(27)15-24-9-11-26(12-10-24)21(28)20-18(6-13-29-20)25-7-1-2-8-25/h1-8,13-14H,9-12,15H2,(H,23,27). The van der Waals surface area contributed by atoms with Crippen molar-refractivity contribution in [2.45, 2.75) is 0 Å². The molecule has 3 heterocycles. The molecule has 2 aromatic heterocycles. The molecule has 0 atom stereocenters. The molecule has 6 nitrogen and oxygen atoms in total. The van der Waals surface area contributed by atoms with E-state index >= 15 is 0 Å². The number of hydrogen-bond acceptors (Lipinski definition) is 4. The van der Waals surface area contributed by atoms with Crippen LogP contribution >= 0.6 is 11.3 Å². The number of halogens is 1. The number of amides is 2. The lowest BCUT2D eigenvalue weighted by atomic mass is 10.2. The second-order valence-corrected chi connectivity index (χ2v) is 7.77. The first-order chi connectivity index (χ1) is 14.1. The average molecular weight is 412 g/mol. The lowest BCUT2D eigenvalue weighted by Gasteiger charge is -2.34. The number of rotatable bonds is 5. The summed E-state index contributed by atoms with van der Waals surface area (Å²) < 4.78 is 15.2. The molecule has 8 heteroatoms. The van der Waals surface area contributed by atoms with E-state index in [0.717, 1.165) is 10.6 Å². The summed E-state index contributed by atoms with van der Waals surface area (Å²) in [6, 6.07) is 11.6. The third-order valence-corrected chi connectivity index (χ3v) is 5.75. The van der Waals surface area contributed by atoms with Crippen LogP contribution in [0.3, 0.4) is 0 Å². The van der Waals surface area contributed by atoms with Gasteiger partial charge in [0.05, 0.1) is 12.2 Å². The predicted octanol–water partition coefficient (Wildman–Crippen LogP) is 3.07. The van der Waals surface area contributed by atoms with Crippen molar-refractivity contribution in [1.29, 1.82) is 0 Å². The molecule has 1 N–H and O–H groups in total. The molecule has 1 aromatic carbocycles. The van der Waals surface area contributed by atoms with E-state index in [1.807, 2.05) is 50.3 Å². The van der Waals surface area contributed by atoms with Crippen LogP contribution in [-0.4, -0.2) is 58.9 Å². The van der Waals surface area contributed by atoms with Gasteiger partial charge in [0, 0.05) is 44.3 Å². The molecular formula is C21H21FN4O2S. The van der Waals surface area contributed by atoms with Gasteiger partial charge in [-0.25, -0.2) is 4.39 Å². The molecule has 0 bridgehead atoms. The largest absolute Gasteiger partial charge is 0.335 e. The monoisotopic (exact) mass is 412 g/mol. The number of anilines is 1. The van der Waals surface area contributed by atoms with E-state index in [4.69, 9.17) is 0 Å². The topological polar surface area (TPSA) is 57.6 Å². The number of hydrogen-bond donors (Lipinski definition) is 1. The van der Waals surface area contributed by atoms with Gasteiger partial charge < -0.3 is 14.8 Å². The molecule has 0 spiro atoms. The molecule has 0 unspecified atom stereocenters. The van der Waals surface area contributed by atoms with E-state index in [1.165, 1.54) is 23.5 Å². The van der Waals surface area contributed by atoms with E-state index in [1.54, 1.807) is 12.1 Å². The van der Waals surface area contributed by atoms with Gasteiger partial charge in [0.25, 0.3) is 5.91 Å². The lowest BCUT2D eigenvalue weighted by Crippen LogP contribution is -2.50. The number of piperazine rings is 1. The third-order valence-electron chi connectivity index (χ3n) is 4.86. The second-order valence-electron chi connectivity index (χ2n) is 6.85. The molecule has 0 radical (unpaired) electrons. The van der Waals surface area contributed by atoms with Crippen LogP contribution in [0.25, 0.3) is 5.69 Å². The van der Waals surface area contributed by atoms with Crippen molar-refractivity contribution in [3.05, 3.63) is 70.9 Å². The second kappa shape index (κ2) is 8.59. The van der Waals surface area contributed by atoms with Crippen LogP contribution in [-0.2, 0) is 4.79 Å². The minimum absolute atomic E-state index is 0.0209. The quantitative estimate of drug-likeness (QED) is 0.701. The highest BCUT2D eigenvalue weighted by molar-refractivity contribution is 7.12. The van der Waals surface area contributed by atoms with Crippen molar-refractivity contribution in [3.63, 3.8) is 0 Å². The van der Waals surface area contributed by atoms with Gasteiger partial charge in [0.1, 0.15) is 10.7 Å². The van der Waals surface area contributed by atoms with Crippen LogP contribution in [0.1, 0.15) is 9.67 Å². The fourth-order valence-corrected chi connectivity index (χ4v) is 4.24. The zero-order valence-corrected chi connectivity index (χ0v) is 16.6. The Morgan fingerprint density at radius 1 is 1.03 bits per heavy atom. The van der Waals surface area contributed by atoms with Crippen LogP contribution in [0.4, 0.5) is 10.1 Å². The Balaban J connectivity index is 1.31. The van der Waals surface area contributed by atoms with Gasteiger partial charge in [0.2, 0.25) is 5.91 Å². The predicted molar refractivity (Wildman–Crippen MR) is 111 cm³/mol. The van der Waals surface area contributed by atoms with E-state index in [2.05, 4.69) is 5.32 Å². The summed E-state index contributed by atoms with van der Waals surface area (Å²) in [5, 5.41) is 4.63. The van der Waals surface area contributed by atoms with Crippen LogP contribution in [0, 0.1) is 5.82 Å². The van der Waals surface area contributed by atoms with Crippen LogP contribution < -0.4 is 5.32 Å². The first kappa shape index (κ1) is 19.4. The summed E-state index contributed by atoms with van der Waals surface area (Å²) in [6.07, 6.45) is 3.85. The maximum atomic E-state index is 13.2. The molecular weight excluding hydrogens is 391 g/mol. The molecule has 2 amide bonds. The number of carbonyl (C=O) groups is 2. The van der Waals surface area contributed by atoms with Crippen molar-refractivity contribution in [2.75, 3.05) is 38.0 Å². The van der Waals surface area contributed by atoms with E-state index < -0.39 is 0 Å². The van der Waals surface area contributed by atoms with Gasteiger partial charge in [-0.3, -0.25) is 14.5 Å². The molecule has 1 aliphatic heterocycles. The number of carbonyl (C=O) groups excluding carboxylic acids is 2. The minimum Gasteiger partial charge on any atom is -0.335 e. The van der Waals surface area contributed by atoms with Gasteiger partial charge in [-0.1, -0.05) is 6.07 Å². The number of aromatic nitrogens is 1. The highest BCUT2D eigenvalue weighted by atomic mass is 32.1. The van der Waals surface area contributed by atoms with Gasteiger partial charge in [-0.05, 0) is 41.8 Å². The lowest BCUT2D eigenvalue weighted by molar-refractivity contribution is -0.117. The van der Waals surface area contributed by atoms with E-state index in [9.17, 15) is 14.0 Å². The maximum absolute atomic E-state index is 13.2. The summed E-state index contributed by atoms with van der Waals surface area (Å²) in [7, 11) is 0. The molecule has 1 saturated heterocycles.